The van der Waals surface area contributed by atoms with Gasteiger partial charge in [-0.05, 0) is 80.8 Å². The van der Waals surface area contributed by atoms with Crippen molar-refractivity contribution in [2.24, 2.45) is 0 Å². The van der Waals surface area contributed by atoms with Gasteiger partial charge < -0.3 is 15.0 Å². The van der Waals surface area contributed by atoms with Crippen molar-refractivity contribution in [3.8, 4) is 5.75 Å². The number of hydrogen-bond donors (Lipinski definition) is 1. The molecule has 3 aromatic rings. The van der Waals surface area contributed by atoms with Gasteiger partial charge in [0.25, 0.3) is 10.0 Å². The molecule has 0 saturated heterocycles. The van der Waals surface area contributed by atoms with E-state index in [9.17, 15) is 18.0 Å². The molecule has 1 atom stereocenters. The van der Waals surface area contributed by atoms with Crippen LogP contribution in [0.4, 0.5) is 5.69 Å². The number of sulfonamides is 1. The standard InChI is InChI=1S/C32H38ClN3O5S/c1-23-8-7-9-25(20-23)21-35(24(2)32(38)34-27-10-5-4-6-11-27)31(37)22-36(28-14-12-26(33)13-15-28)42(39,40)30-18-16-29(41-3)17-19-30/h7-9,12-20,24,27H,4-6,10-11,21-22H2,1-3H3,(H,34,38)/t24-/m0/s1. The Balaban J connectivity index is 1.67. The molecule has 1 saturated carbocycles. The lowest BCUT2D eigenvalue weighted by Crippen LogP contribution is -2.53. The highest BCUT2D eigenvalue weighted by molar-refractivity contribution is 7.92. The number of methoxy groups -OCH3 is 1. The first-order chi connectivity index (χ1) is 20.1. The van der Waals surface area contributed by atoms with Crippen LogP contribution in [0.25, 0.3) is 0 Å². The van der Waals surface area contributed by atoms with Crippen LogP contribution >= 0.6 is 11.6 Å². The van der Waals surface area contributed by atoms with Crippen LogP contribution in [0.15, 0.2) is 77.7 Å². The van der Waals surface area contributed by atoms with Crippen molar-refractivity contribution in [1.82, 2.24) is 10.2 Å². The van der Waals surface area contributed by atoms with Gasteiger partial charge in [-0.1, -0.05) is 60.7 Å². The van der Waals surface area contributed by atoms with E-state index in [4.69, 9.17) is 16.3 Å². The fraction of sp³-hybridized carbons (Fsp3) is 0.375. The first kappa shape index (κ1) is 31.4. The molecule has 4 rings (SSSR count). The van der Waals surface area contributed by atoms with E-state index >= 15 is 0 Å². The van der Waals surface area contributed by atoms with Crippen LogP contribution < -0.4 is 14.4 Å². The second kappa shape index (κ2) is 14.1. The summed E-state index contributed by atoms with van der Waals surface area (Å²) in [6.07, 6.45) is 5.10. The van der Waals surface area contributed by atoms with Gasteiger partial charge in [-0.3, -0.25) is 13.9 Å². The Bertz CT molecular complexity index is 1470. The predicted molar refractivity (Wildman–Crippen MR) is 165 cm³/mol. The molecular formula is C32H38ClN3O5S. The minimum Gasteiger partial charge on any atom is -0.497 e. The number of aryl methyl sites for hydroxylation is 1. The van der Waals surface area contributed by atoms with Gasteiger partial charge in [0.05, 0.1) is 17.7 Å². The van der Waals surface area contributed by atoms with Gasteiger partial charge >= 0.3 is 0 Å². The number of anilines is 1. The van der Waals surface area contributed by atoms with Gasteiger partial charge in [0.2, 0.25) is 11.8 Å². The SMILES string of the molecule is COc1ccc(S(=O)(=O)N(CC(=O)N(Cc2cccc(C)c2)[C@@H](C)C(=O)NC2CCCCC2)c2ccc(Cl)cc2)cc1. The minimum atomic E-state index is -4.18. The molecule has 2 amide bonds. The molecule has 42 heavy (non-hydrogen) atoms. The van der Waals surface area contributed by atoms with Gasteiger partial charge in [0.1, 0.15) is 18.3 Å². The molecule has 1 fully saturated rings. The van der Waals surface area contributed by atoms with E-state index in [-0.39, 0.29) is 29.1 Å². The molecular weight excluding hydrogens is 574 g/mol. The summed E-state index contributed by atoms with van der Waals surface area (Å²) in [5.41, 5.74) is 2.14. The molecule has 1 aliphatic carbocycles. The normalized spacial score (nSPS) is 14.6. The number of rotatable bonds is 11. The summed E-state index contributed by atoms with van der Waals surface area (Å²) in [6.45, 7) is 3.29. The van der Waals surface area contributed by atoms with E-state index in [1.54, 1.807) is 43.3 Å². The number of carbonyl (C=O) groups is 2. The summed E-state index contributed by atoms with van der Waals surface area (Å²) < 4.78 is 34.1. The summed E-state index contributed by atoms with van der Waals surface area (Å²) >= 11 is 6.10. The minimum absolute atomic E-state index is 0.000579. The summed E-state index contributed by atoms with van der Waals surface area (Å²) in [4.78, 5) is 29.0. The molecule has 1 aliphatic rings. The van der Waals surface area contributed by atoms with Crippen molar-refractivity contribution in [1.29, 1.82) is 0 Å². The molecule has 0 spiro atoms. The van der Waals surface area contributed by atoms with Gasteiger partial charge in [-0.15, -0.1) is 0 Å². The zero-order valence-corrected chi connectivity index (χ0v) is 25.8. The number of benzene rings is 3. The van der Waals surface area contributed by atoms with E-state index in [0.29, 0.717) is 10.8 Å². The molecule has 224 valence electrons. The highest BCUT2D eigenvalue weighted by Crippen LogP contribution is 2.27. The first-order valence-corrected chi connectivity index (χ1v) is 16.0. The number of nitrogens with zero attached hydrogens (tertiary/aromatic N) is 2. The molecule has 0 bridgehead atoms. The summed E-state index contributed by atoms with van der Waals surface area (Å²) in [5.74, 6) is -0.251. The van der Waals surface area contributed by atoms with E-state index in [1.165, 1.54) is 24.1 Å². The zero-order valence-electron chi connectivity index (χ0n) is 24.3. The molecule has 0 aromatic heterocycles. The zero-order chi connectivity index (χ0) is 30.3. The largest absolute Gasteiger partial charge is 0.497 e. The number of hydrogen-bond acceptors (Lipinski definition) is 5. The maximum atomic E-state index is 14.1. The molecule has 10 heteroatoms. The monoisotopic (exact) mass is 611 g/mol. The van der Waals surface area contributed by atoms with E-state index in [0.717, 1.165) is 47.5 Å². The van der Waals surface area contributed by atoms with Crippen molar-refractivity contribution in [2.75, 3.05) is 18.0 Å². The lowest BCUT2D eigenvalue weighted by atomic mass is 9.95. The smallest absolute Gasteiger partial charge is 0.264 e. The van der Waals surface area contributed by atoms with E-state index in [1.807, 2.05) is 31.2 Å². The Morgan fingerprint density at radius 3 is 2.29 bits per heavy atom. The maximum absolute atomic E-state index is 14.1. The van der Waals surface area contributed by atoms with Crippen LogP contribution in [0.1, 0.15) is 50.2 Å². The third-order valence-electron chi connectivity index (χ3n) is 7.60. The Kier molecular flexibility index (Phi) is 10.5. The van der Waals surface area contributed by atoms with E-state index < -0.39 is 28.5 Å². The maximum Gasteiger partial charge on any atom is 0.264 e. The number of amides is 2. The van der Waals surface area contributed by atoms with Gasteiger partial charge in [-0.25, -0.2) is 8.42 Å². The highest BCUT2D eigenvalue weighted by atomic mass is 35.5. The van der Waals surface area contributed by atoms with Gasteiger partial charge in [0, 0.05) is 17.6 Å². The third kappa shape index (κ3) is 7.83. The van der Waals surface area contributed by atoms with Crippen LogP contribution in [0.2, 0.25) is 5.02 Å². The van der Waals surface area contributed by atoms with Crippen molar-refractivity contribution in [3.63, 3.8) is 0 Å². The molecule has 1 N–H and O–H groups in total. The molecule has 3 aromatic carbocycles. The first-order valence-electron chi connectivity index (χ1n) is 14.2. The number of carbonyl (C=O) groups excluding carboxylic acids is 2. The Morgan fingerprint density at radius 1 is 1.00 bits per heavy atom. The van der Waals surface area contributed by atoms with Crippen LogP contribution in [0.5, 0.6) is 5.75 Å². The predicted octanol–water partition coefficient (Wildman–Crippen LogP) is 5.72. The molecule has 0 aliphatic heterocycles. The van der Waals surface area contributed by atoms with Gasteiger partial charge in [0.15, 0.2) is 0 Å². The van der Waals surface area contributed by atoms with Crippen LogP contribution in [-0.2, 0) is 26.2 Å². The number of halogens is 1. The summed E-state index contributed by atoms with van der Waals surface area (Å²) in [7, 11) is -2.69. The highest BCUT2D eigenvalue weighted by Gasteiger charge is 2.33. The third-order valence-corrected chi connectivity index (χ3v) is 9.64. The lowest BCUT2D eigenvalue weighted by molar-refractivity contribution is -0.139. The average molecular weight is 612 g/mol. The fourth-order valence-corrected chi connectivity index (χ4v) is 6.71. The Morgan fingerprint density at radius 2 is 1.67 bits per heavy atom. The van der Waals surface area contributed by atoms with E-state index in [2.05, 4.69) is 5.32 Å². The second-order valence-electron chi connectivity index (χ2n) is 10.7. The second-order valence-corrected chi connectivity index (χ2v) is 13.0. The number of ether oxygens (including phenoxy) is 1. The van der Waals surface area contributed by atoms with Crippen LogP contribution in [-0.4, -0.2) is 50.9 Å². The quantitative estimate of drug-likeness (QED) is 0.299. The van der Waals surface area contributed by atoms with Crippen molar-refractivity contribution >= 4 is 39.1 Å². The fourth-order valence-electron chi connectivity index (χ4n) is 5.17. The molecule has 0 heterocycles. The average Bonchev–Trinajstić information content (AvgIpc) is 2.99. The van der Waals surface area contributed by atoms with Crippen LogP contribution in [0.3, 0.4) is 0 Å². The van der Waals surface area contributed by atoms with Crippen molar-refractivity contribution in [2.45, 2.75) is 69.5 Å². The topological polar surface area (TPSA) is 96.0 Å². The van der Waals surface area contributed by atoms with Gasteiger partial charge in [-0.2, -0.15) is 0 Å². The molecule has 0 radical (unpaired) electrons. The van der Waals surface area contributed by atoms with Crippen LogP contribution in [0, 0.1) is 6.92 Å². The summed E-state index contributed by atoms with van der Waals surface area (Å²) in [6, 6.07) is 19.2. The van der Waals surface area contributed by atoms with Crippen molar-refractivity contribution in [3.05, 3.63) is 88.9 Å². The lowest BCUT2D eigenvalue weighted by Gasteiger charge is -2.33. The van der Waals surface area contributed by atoms with Crippen molar-refractivity contribution < 1.29 is 22.7 Å². The molecule has 8 nitrogen and oxygen atoms in total. The summed E-state index contributed by atoms with van der Waals surface area (Å²) in [5, 5.41) is 3.55. The number of nitrogens with one attached hydrogen (secondary N) is 1. The Labute approximate surface area is 253 Å². The Hall–Kier alpha value is -3.56. The molecule has 0 unspecified atom stereocenters.